The van der Waals surface area contributed by atoms with E-state index in [2.05, 4.69) is 5.32 Å². The van der Waals surface area contributed by atoms with E-state index in [-0.39, 0.29) is 5.60 Å². The second kappa shape index (κ2) is 5.25. The first-order valence-corrected chi connectivity index (χ1v) is 7.31. The molecule has 0 saturated carbocycles. The Morgan fingerprint density at radius 2 is 2.18 bits per heavy atom. The summed E-state index contributed by atoms with van der Waals surface area (Å²) in [5, 5.41) is 3.67. The van der Waals surface area contributed by atoms with E-state index < -0.39 is 0 Å². The zero-order valence-electron chi connectivity index (χ0n) is 10.7. The predicted molar refractivity (Wildman–Crippen MR) is 67.1 cm³/mol. The van der Waals surface area contributed by atoms with Crippen LogP contribution < -0.4 is 5.32 Å². The van der Waals surface area contributed by atoms with Gasteiger partial charge in [-0.05, 0) is 44.6 Å². The van der Waals surface area contributed by atoms with Crippen LogP contribution >= 0.6 is 0 Å². The highest BCUT2D eigenvalue weighted by atomic mass is 16.6. The zero-order valence-corrected chi connectivity index (χ0v) is 10.7. The molecule has 3 heterocycles. The molecule has 3 aliphatic rings. The van der Waals surface area contributed by atoms with Crippen LogP contribution in [0.15, 0.2) is 0 Å². The molecule has 3 fully saturated rings. The van der Waals surface area contributed by atoms with Crippen molar-refractivity contribution in [3.8, 4) is 0 Å². The topological polar surface area (TPSA) is 30.5 Å². The lowest BCUT2D eigenvalue weighted by Gasteiger charge is -2.39. The second-order valence-electron chi connectivity index (χ2n) is 6.08. The predicted octanol–water partition coefficient (Wildman–Crippen LogP) is 2.10. The van der Waals surface area contributed by atoms with Crippen molar-refractivity contribution >= 4 is 0 Å². The van der Waals surface area contributed by atoms with Crippen LogP contribution in [0.1, 0.15) is 44.9 Å². The Morgan fingerprint density at radius 1 is 1.18 bits per heavy atom. The summed E-state index contributed by atoms with van der Waals surface area (Å²) in [5.74, 6) is 0.848. The summed E-state index contributed by atoms with van der Waals surface area (Å²) in [6.07, 6.45) is 9.09. The molecule has 3 saturated heterocycles. The average Bonchev–Trinajstić information content (AvgIpc) is 2.79. The summed E-state index contributed by atoms with van der Waals surface area (Å²) in [5.41, 5.74) is 0.0948. The van der Waals surface area contributed by atoms with Crippen molar-refractivity contribution in [3.05, 3.63) is 0 Å². The smallest absolute Gasteiger partial charge is 0.0939 e. The Bertz CT molecular complexity index is 245. The van der Waals surface area contributed by atoms with Crippen molar-refractivity contribution < 1.29 is 9.47 Å². The van der Waals surface area contributed by atoms with E-state index in [0.717, 1.165) is 38.2 Å². The number of hydrogen-bond donors (Lipinski definition) is 1. The Hall–Kier alpha value is -0.120. The summed E-state index contributed by atoms with van der Waals surface area (Å²) in [4.78, 5) is 0. The maximum absolute atomic E-state index is 6.00. The van der Waals surface area contributed by atoms with Gasteiger partial charge >= 0.3 is 0 Å². The Kier molecular flexibility index (Phi) is 3.69. The van der Waals surface area contributed by atoms with Crippen LogP contribution in [0.4, 0.5) is 0 Å². The van der Waals surface area contributed by atoms with E-state index in [1.807, 2.05) is 0 Å². The van der Waals surface area contributed by atoms with Crippen LogP contribution in [0.25, 0.3) is 0 Å². The van der Waals surface area contributed by atoms with Crippen molar-refractivity contribution in [1.82, 2.24) is 5.32 Å². The molecule has 3 atom stereocenters. The molecular formula is C14H25NO2. The minimum Gasteiger partial charge on any atom is -0.378 e. The van der Waals surface area contributed by atoms with Crippen LogP contribution in [-0.2, 0) is 9.47 Å². The van der Waals surface area contributed by atoms with Crippen LogP contribution in [0.5, 0.6) is 0 Å². The first kappa shape index (κ1) is 11.9. The van der Waals surface area contributed by atoms with Gasteiger partial charge in [0.05, 0.1) is 12.2 Å². The molecule has 3 nitrogen and oxygen atoms in total. The number of ether oxygens (including phenoxy) is 2. The van der Waals surface area contributed by atoms with Crippen LogP contribution in [0.2, 0.25) is 0 Å². The van der Waals surface area contributed by atoms with E-state index in [1.54, 1.807) is 0 Å². The first-order chi connectivity index (χ1) is 8.36. The van der Waals surface area contributed by atoms with Gasteiger partial charge in [-0.2, -0.15) is 0 Å². The molecule has 0 radical (unpaired) electrons. The number of nitrogens with one attached hydrogen (secondary N) is 1. The molecule has 0 aromatic carbocycles. The monoisotopic (exact) mass is 239 g/mol. The van der Waals surface area contributed by atoms with E-state index in [4.69, 9.17) is 9.47 Å². The lowest BCUT2D eigenvalue weighted by atomic mass is 9.81. The highest BCUT2D eigenvalue weighted by molar-refractivity contribution is 4.91. The molecular weight excluding hydrogens is 214 g/mol. The molecule has 3 unspecified atom stereocenters. The molecule has 98 valence electrons. The van der Waals surface area contributed by atoms with Gasteiger partial charge in [-0.15, -0.1) is 0 Å². The number of hydrogen-bond acceptors (Lipinski definition) is 3. The van der Waals surface area contributed by atoms with Gasteiger partial charge in [0.1, 0.15) is 0 Å². The largest absolute Gasteiger partial charge is 0.378 e. The summed E-state index contributed by atoms with van der Waals surface area (Å²) in [6.45, 7) is 3.90. The molecule has 1 spiro atoms. The minimum absolute atomic E-state index is 0.0948. The molecule has 0 aromatic heterocycles. The third kappa shape index (κ3) is 2.83. The number of rotatable bonds is 2. The summed E-state index contributed by atoms with van der Waals surface area (Å²) < 4.78 is 11.5. The van der Waals surface area contributed by atoms with Crippen LogP contribution in [0, 0.1) is 5.92 Å². The first-order valence-electron chi connectivity index (χ1n) is 7.31. The maximum Gasteiger partial charge on any atom is 0.0939 e. The highest BCUT2D eigenvalue weighted by Crippen LogP contribution is 2.37. The van der Waals surface area contributed by atoms with Crippen molar-refractivity contribution in [2.24, 2.45) is 5.92 Å². The molecule has 0 amide bonds. The molecule has 0 bridgehead atoms. The molecule has 0 aromatic rings. The fourth-order valence-corrected chi connectivity index (χ4v) is 3.72. The highest BCUT2D eigenvalue weighted by Gasteiger charge is 2.41. The SMILES string of the molecule is C1CCC(CC2CCOC3(CCOC3)C2)NC1. The van der Waals surface area contributed by atoms with Crippen molar-refractivity contribution in [1.29, 1.82) is 0 Å². The van der Waals surface area contributed by atoms with Gasteiger partial charge in [-0.1, -0.05) is 6.42 Å². The van der Waals surface area contributed by atoms with E-state index in [0.29, 0.717) is 0 Å². The van der Waals surface area contributed by atoms with Crippen LogP contribution in [-0.4, -0.2) is 38.0 Å². The Morgan fingerprint density at radius 3 is 2.94 bits per heavy atom. The van der Waals surface area contributed by atoms with Gasteiger partial charge in [-0.25, -0.2) is 0 Å². The lowest BCUT2D eigenvalue weighted by Crippen LogP contribution is -2.43. The van der Waals surface area contributed by atoms with Crippen LogP contribution in [0.3, 0.4) is 0 Å². The fourth-order valence-electron chi connectivity index (χ4n) is 3.72. The molecule has 3 aliphatic heterocycles. The lowest BCUT2D eigenvalue weighted by molar-refractivity contribution is -0.1000. The normalized spacial score (nSPS) is 43.1. The average molecular weight is 239 g/mol. The second-order valence-corrected chi connectivity index (χ2v) is 6.08. The summed E-state index contributed by atoms with van der Waals surface area (Å²) >= 11 is 0. The van der Waals surface area contributed by atoms with Gasteiger partial charge in [0, 0.05) is 25.7 Å². The number of piperidine rings is 1. The van der Waals surface area contributed by atoms with Crippen molar-refractivity contribution in [2.75, 3.05) is 26.4 Å². The molecule has 3 heteroatoms. The molecule has 1 N–H and O–H groups in total. The van der Waals surface area contributed by atoms with Crippen molar-refractivity contribution in [2.45, 2.75) is 56.6 Å². The quantitative estimate of drug-likeness (QED) is 0.800. The van der Waals surface area contributed by atoms with Gasteiger partial charge in [-0.3, -0.25) is 0 Å². The molecule has 3 rings (SSSR count). The summed E-state index contributed by atoms with van der Waals surface area (Å²) in [7, 11) is 0. The van der Waals surface area contributed by atoms with Gasteiger partial charge in [0.2, 0.25) is 0 Å². The summed E-state index contributed by atoms with van der Waals surface area (Å²) in [6, 6.07) is 0.770. The molecule has 0 aliphatic carbocycles. The maximum atomic E-state index is 6.00. The Balaban J connectivity index is 1.52. The standard InChI is InChI=1S/C14H25NO2/c1-2-6-15-13(3-1)9-12-4-7-17-14(10-12)5-8-16-11-14/h12-13,15H,1-11H2. The van der Waals surface area contributed by atoms with Crippen molar-refractivity contribution in [3.63, 3.8) is 0 Å². The van der Waals surface area contributed by atoms with Gasteiger partial charge in [0.25, 0.3) is 0 Å². The van der Waals surface area contributed by atoms with Gasteiger partial charge < -0.3 is 14.8 Å². The zero-order chi connectivity index (χ0) is 11.6. The van der Waals surface area contributed by atoms with E-state index in [9.17, 15) is 0 Å². The third-order valence-corrected chi connectivity index (χ3v) is 4.69. The van der Waals surface area contributed by atoms with E-state index in [1.165, 1.54) is 45.1 Å². The molecule has 17 heavy (non-hydrogen) atoms. The third-order valence-electron chi connectivity index (χ3n) is 4.69. The Labute approximate surface area is 104 Å². The minimum atomic E-state index is 0.0948. The van der Waals surface area contributed by atoms with Gasteiger partial charge in [0.15, 0.2) is 0 Å². The van der Waals surface area contributed by atoms with E-state index >= 15 is 0 Å². The fraction of sp³-hybridized carbons (Fsp3) is 1.00.